The minimum Gasteiger partial charge on any atom is -0.493 e. The molecule has 0 saturated heterocycles. The van der Waals surface area contributed by atoms with E-state index in [2.05, 4.69) is 65.2 Å². The van der Waals surface area contributed by atoms with Crippen LogP contribution in [-0.4, -0.2) is 6.61 Å². The molecule has 0 aliphatic carbocycles. The van der Waals surface area contributed by atoms with Gasteiger partial charge in [-0.05, 0) is 59.3 Å². The van der Waals surface area contributed by atoms with Gasteiger partial charge >= 0.3 is 0 Å². The normalized spacial score (nSPS) is 17.5. The summed E-state index contributed by atoms with van der Waals surface area (Å²) in [7, 11) is 0. The number of para-hydroxylation sites is 1. The van der Waals surface area contributed by atoms with Crippen LogP contribution >= 0.6 is 22.6 Å². The van der Waals surface area contributed by atoms with Gasteiger partial charge in [-0.1, -0.05) is 18.2 Å². The van der Waals surface area contributed by atoms with Crippen LogP contribution in [-0.2, 0) is 0 Å². The first-order valence-electron chi connectivity index (χ1n) is 6.48. The molecule has 2 aromatic carbocycles. The fourth-order valence-electron chi connectivity index (χ4n) is 2.47. The van der Waals surface area contributed by atoms with Gasteiger partial charge in [-0.25, -0.2) is 0 Å². The largest absolute Gasteiger partial charge is 0.493 e. The summed E-state index contributed by atoms with van der Waals surface area (Å²) in [6, 6.07) is 15.1. The Morgan fingerprint density at radius 2 is 2.05 bits per heavy atom. The van der Waals surface area contributed by atoms with Gasteiger partial charge in [0.05, 0.1) is 12.6 Å². The Morgan fingerprint density at radius 3 is 2.89 bits per heavy atom. The highest BCUT2D eigenvalue weighted by atomic mass is 127. The molecule has 1 heterocycles. The van der Waals surface area contributed by atoms with Crippen molar-refractivity contribution in [1.82, 2.24) is 0 Å². The third-order valence-electron chi connectivity index (χ3n) is 3.48. The number of aryl methyl sites for hydroxylation is 1. The molecule has 0 bridgehead atoms. The van der Waals surface area contributed by atoms with Gasteiger partial charge < -0.3 is 10.1 Å². The first-order valence-corrected chi connectivity index (χ1v) is 7.56. The van der Waals surface area contributed by atoms with Gasteiger partial charge in [0.1, 0.15) is 5.75 Å². The SMILES string of the molecule is Cc1cc(I)ccc1NC1CCOc2ccccc21. The lowest BCUT2D eigenvalue weighted by Crippen LogP contribution is -2.20. The molecule has 0 fully saturated rings. The average molecular weight is 365 g/mol. The van der Waals surface area contributed by atoms with Crippen molar-refractivity contribution < 1.29 is 4.74 Å². The maximum absolute atomic E-state index is 5.70. The Labute approximate surface area is 127 Å². The number of fused-ring (bicyclic) bond motifs is 1. The summed E-state index contributed by atoms with van der Waals surface area (Å²) < 4.78 is 6.97. The summed E-state index contributed by atoms with van der Waals surface area (Å²) in [5.74, 6) is 1.01. The second kappa shape index (κ2) is 5.41. The van der Waals surface area contributed by atoms with Gasteiger partial charge in [-0.3, -0.25) is 0 Å². The number of benzene rings is 2. The zero-order valence-corrected chi connectivity index (χ0v) is 13.0. The molecule has 1 aliphatic rings. The molecule has 0 spiro atoms. The van der Waals surface area contributed by atoms with Crippen LogP contribution < -0.4 is 10.1 Å². The predicted octanol–water partition coefficient (Wildman–Crippen LogP) is 4.54. The van der Waals surface area contributed by atoms with Crippen molar-refractivity contribution in [2.45, 2.75) is 19.4 Å². The maximum Gasteiger partial charge on any atom is 0.124 e. The zero-order valence-electron chi connectivity index (χ0n) is 10.8. The quantitative estimate of drug-likeness (QED) is 0.790. The monoisotopic (exact) mass is 365 g/mol. The summed E-state index contributed by atoms with van der Waals surface area (Å²) in [6.45, 7) is 2.92. The van der Waals surface area contributed by atoms with Gasteiger partial charge in [0.15, 0.2) is 0 Å². The molecule has 1 N–H and O–H groups in total. The van der Waals surface area contributed by atoms with E-state index in [1.165, 1.54) is 20.4 Å². The Balaban J connectivity index is 1.88. The highest BCUT2D eigenvalue weighted by molar-refractivity contribution is 14.1. The Morgan fingerprint density at radius 1 is 1.21 bits per heavy atom. The average Bonchev–Trinajstić information content (AvgIpc) is 2.42. The first kappa shape index (κ1) is 12.8. The van der Waals surface area contributed by atoms with E-state index in [-0.39, 0.29) is 0 Å². The molecule has 0 amide bonds. The lowest BCUT2D eigenvalue weighted by Gasteiger charge is -2.28. The summed E-state index contributed by atoms with van der Waals surface area (Å²) >= 11 is 2.35. The van der Waals surface area contributed by atoms with E-state index in [0.717, 1.165) is 18.8 Å². The van der Waals surface area contributed by atoms with Crippen LogP contribution in [0.1, 0.15) is 23.6 Å². The molecule has 0 saturated carbocycles. The van der Waals surface area contributed by atoms with Gasteiger partial charge in [-0.15, -0.1) is 0 Å². The van der Waals surface area contributed by atoms with Crippen molar-refractivity contribution in [2.24, 2.45) is 0 Å². The summed E-state index contributed by atoms with van der Waals surface area (Å²) in [5, 5.41) is 3.65. The fraction of sp³-hybridized carbons (Fsp3) is 0.250. The predicted molar refractivity (Wildman–Crippen MR) is 86.8 cm³/mol. The summed E-state index contributed by atoms with van der Waals surface area (Å²) in [6.07, 6.45) is 1.00. The Hall–Kier alpha value is -1.23. The van der Waals surface area contributed by atoms with E-state index in [9.17, 15) is 0 Å². The molecular formula is C16H16INO. The van der Waals surface area contributed by atoms with Crippen LogP contribution in [0.3, 0.4) is 0 Å². The maximum atomic E-state index is 5.70. The van der Waals surface area contributed by atoms with Gasteiger partial charge in [0.25, 0.3) is 0 Å². The molecule has 0 aromatic heterocycles. The van der Waals surface area contributed by atoms with Crippen molar-refractivity contribution >= 4 is 28.3 Å². The first-order chi connectivity index (χ1) is 9.24. The van der Waals surface area contributed by atoms with Crippen LogP contribution in [0.2, 0.25) is 0 Å². The molecule has 2 aromatic rings. The summed E-state index contributed by atoms with van der Waals surface area (Å²) in [5.41, 5.74) is 3.75. The number of anilines is 1. The number of ether oxygens (including phenoxy) is 1. The number of nitrogens with one attached hydrogen (secondary N) is 1. The topological polar surface area (TPSA) is 21.3 Å². The van der Waals surface area contributed by atoms with Gasteiger partial charge in [-0.2, -0.15) is 0 Å². The zero-order chi connectivity index (χ0) is 13.2. The van der Waals surface area contributed by atoms with Gasteiger partial charge in [0.2, 0.25) is 0 Å². The van der Waals surface area contributed by atoms with Crippen molar-refractivity contribution in [1.29, 1.82) is 0 Å². The van der Waals surface area contributed by atoms with Crippen LogP contribution in [0.15, 0.2) is 42.5 Å². The molecule has 3 rings (SSSR count). The minimum absolute atomic E-state index is 0.337. The number of rotatable bonds is 2. The third kappa shape index (κ3) is 2.71. The lowest BCUT2D eigenvalue weighted by molar-refractivity contribution is 0.274. The highest BCUT2D eigenvalue weighted by Gasteiger charge is 2.21. The van der Waals surface area contributed by atoms with E-state index in [1.54, 1.807) is 0 Å². The smallest absolute Gasteiger partial charge is 0.124 e. The molecule has 1 unspecified atom stereocenters. The summed E-state index contributed by atoms with van der Waals surface area (Å²) in [4.78, 5) is 0. The number of hydrogen-bond donors (Lipinski definition) is 1. The molecular weight excluding hydrogens is 349 g/mol. The minimum atomic E-state index is 0.337. The second-order valence-electron chi connectivity index (χ2n) is 4.83. The van der Waals surface area contributed by atoms with Crippen LogP contribution in [0.25, 0.3) is 0 Å². The molecule has 2 nitrogen and oxygen atoms in total. The molecule has 0 radical (unpaired) electrons. The highest BCUT2D eigenvalue weighted by Crippen LogP contribution is 2.34. The van der Waals surface area contributed by atoms with E-state index in [4.69, 9.17) is 4.74 Å². The molecule has 1 atom stereocenters. The lowest BCUT2D eigenvalue weighted by atomic mass is 10.00. The second-order valence-corrected chi connectivity index (χ2v) is 6.08. The van der Waals surface area contributed by atoms with Crippen molar-refractivity contribution in [3.8, 4) is 5.75 Å². The Kier molecular flexibility index (Phi) is 3.64. The van der Waals surface area contributed by atoms with Crippen molar-refractivity contribution in [3.05, 3.63) is 57.2 Å². The van der Waals surface area contributed by atoms with E-state index in [0.29, 0.717) is 6.04 Å². The van der Waals surface area contributed by atoms with Crippen molar-refractivity contribution in [2.75, 3.05) is 11.9 Å². The number of hydrogen-bond acceptors (Lipinski definition) is 2. The molecule has 19 heavy (non-hydrogen) atoms. The van der Waals surface area contributed by atoms with Crippen molar-refractivity contribution in [3.63, 3.8) is 0 Å². The van der Waals surface area contributed by atoms with Crippen LogP contribution in [0.5, 0.6) is 5.75 Å². The third-order valence-corrected chi connectivity index (χ3v) is 4.15. The fourth-order valence-corrected chi connectivity index (χ4v) is 3.12. The van der Waals surface area contributed by atoms with E-state index in [1.807, 2.05) is 12.1 Å². The molecule has 3 heteroatoms. The van der Waals surface area contributed by atoms with E-state index >= 15 is 0 Å². The standard InChI is InChI=1S/C16H16INO/c1-11-10-12(17)6-7-14(11)18-15-8-9-19-16-5-3-2-4-13(15)16/h2-7,10,15,18H,8-9H2,1H3. The van der Waals surface area contributed by atoms with E-state index < -0.39 is 0 Å². The van der Waals surface area contributed by atoms with Crippen LogP contribution in [0.4, 0.5) is 5.69 Å². The molecule has 1 aliphatic heterocycles. The van der Waals surface area contributed by atoms with Gasteiger partial charge in [0, 0.05) is 21.2 Å². The van der Waals surface area contributed by atoms with Crippen LogP contribution in [0, 0.1) is 10.5 Å². The molecule has 98 valence electrons. The Bertz CT molecular complexity index is 597. The number of halogens is 1.